The SMILES string of the molecule is Cc1cc(N2CCC(CN3CCC(n4ccc5c(N6CCC(=O)NC6=O)cccc54)CC3)CC2)cc(F)c1C(=O)NC1CCN(c2ccc(Cl)c3c(C#N)c[nH]c23)CC1. The lowest BCUT2D eigenvalue weighted by atomic mass is 9.94. The van der Waals surface area contributed by atoms with E-state index < -0.39 is 5.82 Å². The van der Waals surface area contributed by atoms with E-state index in [4.69, 9.17) is 11.6 Å². The number of imide groups is 1. The van der Waals surface area contributed by atoms with Crippen molar-refractivity contribution >= 4 is 68.3 Å². The Labute approximate surface area is 347 Å². The second-order valence-electron chi connectivity index (χ2n) is 16.6. The van der Waals surface area contributed by atoms with E-state index in [-0.39, 0.29) is 29.5 Å². The van der Waals surface area contributed by atoms with Crippen LogP contribution in [0.3, 0.4) is 0 Å². The molecule has 59 heavy (non-hydrogen) atoms. The maximum Gasteiger partial charge on any atom is 0.328 e. The van der Waals surface area contributed by atoms with Gasteiger partial charge in [0.05, 0.1) is 38.6 Å². The number of nitrogens with one attached hydrogen (secondary N) is 3. The number of halogens is 2. The van der Waals surface area contributed by atoms with E-state index in [0.29, 0.717) is 67.0 Å². The molecule has 4 fully saturated rings. The summed E-state index contributed by atoms with van der Waals surface area (Å²) in [6.07, 6.45) is 9.72. The van der Waals surface area contributed by atoms with Gasteiger partial charge in [-0.1, -0.05) is 17.7 Å². The van der Waals surface area contributed by atoms with Crippen molar-refractivity contribution in [3.05, 3.63) is 88.5 Å². The van der Waals surface area contributed by atoms with Gasteiger partial charge in [0.2, 0.25) is 5.91 Å². The Balaban J connectivity index is 0.749. The summed E-state index contributed by atoms with van der Waals surface area (Å²) in [5.74, 6) is -0.510. The highest BCUT2D eigenvalue weighted by Gasteiger charge is 2.30. The minimum atomic E-state index is -0.483. The zero-order valence-corrected chi connectivity index (χ0v) is 34.0. The average molecular weight is 818 g/mol. The normalized spacial score (nSPS) is 19.1. The molecule has 9 rings (SSSR count). The largest absolute Gasteiger partial charge is 0.371 e. The number of carbonyl (C=O) groups excluding carboxylic acids is 3. The van der Waals surface area contributed by atoms with Crippen molar-refractivity contribution in [2.24, 2.45) is 5.92 Å². The molecule has 4 aliphatic heterocycles. The lowest BCUT2D eigenvalue weighted by molar-refractivity contribution is -0.120. The van der Waals surface area contributed by atoms with Crippen molar-refractivity contribution in [1.29, 1.82) is 5.26 Å². The predicted molar refractivity (Wildman–Crippen MR) is 229 cm³/mol. The van der Waals surface area contributed by atoms with Crippen LogP contribution in [0.15, 0.2) is 60.9 Å². The number of H-pyrrole nitrogens is 1. The van der Waals surface area contributed by atoms with Crippen LogP contribution in [0.2, 0.25) is 5.02 Å². The highest BCUT2D eigenvalue weighted by Crippen LogP contribution is 2.37. The highest BCUT2D eigenvalue weighted by molar-refractivity contribution is 6.36. The second-order valence-corrected chi connectivity index (χ2v) is 17.0. The summed E-state index contributed by atoms with van der Waals surface area (Å²) in [6.45, 7) is 8.43. The number of likely N-dealkylation sites (tertiary alicyclic amines) is 1. The Morgan fingerprint density at radius 2 is 1.69 bits per heavy atom. The van der Waals surface area contributed by atoms with E-state index in [1.54, 1.807) is 11.1 Å². The number of aromatic amines is 1. The summed E-state index contributed by atoms with van der Waals surface area (Å²) in [5.41, 5.74) is 5.86. The summed E-state index contributed by atoms with van der Waals surface area (Å²) in [6, 6.07) is 17.6. The zero-order valence-electron chi connectivity index (χ0n) is 33.3. The lowest BCUT2D eigenvalue weighted by Crippen LogP contribution is -2.49. The Kier molecular flexibility index (Phi) is 10.7. The molecule has 0 bridgehead atoms. The van der Waals surface area contributed by atoms with Crippen LogP contribution >= 0.6 is 11.6 Å². The van der Waals surface area contributed by atoms with Crippen molar-refractivity contribution in [2.75, 3.05) is 67.1 Å². The van der Waals surface area contributed by atoms with Crippen LogP contribution in [-0.2, 0) is 4.79 Å². The zero-order chi connectivity index (χ0) is 40.8. The van der Waals surface area contributed by atoms with Gasteiger partial charge in [-0.3, -0.25) is 19.8 Å². The fourth-order valence-corrected chi connectivity index (χ4v) is 10.2. The number of fused-ring (bicyclic) bond motifs is 2. The number of amides is 4. The number of aryl methyl sites for hydroxylation is 1. The van der Waals surface area contributed by atoms with E-state index in [1.165, 1.54) is 6.07 Å². The number of hydrogen-bond donors (Lipinski definition) is 3. The number of anilines is 3. The molecule has 4 amide bonds. The number of carbonyl (C=O) groups is 3. The maximum absolute atomic E-state index is 15.7. The molecular formula is C45H49ClFN9O3. The number of nitriles is 1. The van der Waals surface area contributed by atoms with Crippen molar-refractivity contribution in [2.45, 2.75) is 64.0 Å². The monoisotopic (exact) mass is 817 g/mol. The van der Waals surface area contributed by atoms with E-state index in [0.717, 1.165) is 97.3 Å². The minimum Gasteiger partial charge on any atom is -0.371 e. The van der Waals surface area contributed by atoms with Gasteiger partial charge in [-0.25, -0.2) is 9.18 Å². The third-order valence-corrected chi connectivity index (χ3v) is 13.4. The van der Waals surface area contributed by atoms with E-state index in [9.17, 15) is 19.6 Å². The predicted octanol–water partition coefficient (Wildman–Crippen LogP) is 7.49. The van der Waals surface area contributed by atoms with Gasteiger partial charge >= 0.3 is 6.03 Å². The average Bonchev–Trinajstić information content (AvgIpc) is 3.88. The highest BCUT2D eigenvalue weighted by atomic mass is 35.5. The van der Waals surface area contributed by atoms with Gasteiger partial charge in [0.25, 0.3) is 5.91 Å². The topological polar surface area (TPSA) is 133 Å². The standard InChI is InChI=1S/C45H49ClFN9O3/c1-28-23-33(24-36(47)41(28)44(58)50-31-9-19-54(20-10-31)39-6-5-35(46)42-30(25-48)26-49-43(39)42)53-17-7-29(8-18-53)27-52-15-11-32(12-16-52)55-21-13-34-37(55)3-2-4-38(34)56-22-14-40(57)51-45(56)59/h2-6,13,21,23-24,26,29,31-32,49H,7-12,14-20,22,27H2,1H3,(H,50,58)(H,51,57,59). The number of hydrogen-bond acceptors (Lipinski definition) is 7. The molecule has 6 heterocycles. The van der Waals surface area contributed by atoms with E-state index in [1.807, 2.05) is 37.3 Å². The van der Waals surface area contributed by atoms with Crippen LogP contribution in [0.1, 0.15) is 72.5 Å². The molecule has 3 aromatic carbocycles. The molecule has 4 saturated heterocycles. The summed E-state index contributed by atoms with van der Waals surface area (Å²) in [4.78, 5) is 49.7. The van der Waals surface area contributed by atoms with Gasteiger partial charge in [0.1, 0.15) is 11.9 Å². The number of nitrogens with zero attached hydrogens (tertiary/aromatic N) is 6. The number of rotatable bonds is 8. The molecule has 0 saturated carbocycles. The van der Waals surface area contributed by atoms with Crippen LogP contribution in [-0.4, -0.2) is 90.7 Å². The maximum atomic E-state index is 15.7. The van der Waals surface area contributed by atoms with Crippen LogP contribution in [0.4, 0.5) is 26.2 Å². The van der Waals surface area contributed by atoms with E-state index >= 15 is 4.39 Å². The first-order chi connectivity index (χ1) is 28.6. The van der Waals surface area contributed by atoms with Crippen LogP contribution in [0.5, 0.6) is 0 Å². The molecule has 14 heteroatoms. The van der Waals surface area contributed by atoms with E-state index in [2.05, 4.69) is 59.3 Å². The van der Waals surface area contributed by atoms with Gasteiger partial charge in [-0.05, 0) is 99.4 Å². The molecule has 306 valence electrons. The van der Waals surface area contributed by atoms with Gasteiger partial charge in [-0.2, -0.15) is 5.26 Å². The van der Waals surface area contributed by atoms with Crippen LogP contribution in [0.25, 0.3) is 21.8 Å². The number of urea groups is 1. The Morgan fingerprint density at radius 1 is 0.932 bits per heavy atom. The van der Waals surface area contributed by atoms with Crippen molar-refractivity contribution in [3.8, 4) is 6.07 Å². The fraction of sp³-hybridized carbons (Fsp3) is 0.422. The Bertz CT molecular complexity index is 2440. The van der Waals surface area contributed by atoms with Crippen LogP contribution < -0.4 is 25.3 Å². The molecule has 5 aromatic rings. The number of benzene rings is 3. The molecule has 12 nitrogen and oxygen atoms in total. The van der Waals surface area contributed by atoms with Gasteiger partial charge in [0, 0.05) is 99.7 Å². The van der Waals surface area contributed by atoms with Crippen molar-refractivity contribution < 1.29 is 18.8 Å². The molecule has 0 aliphatic carbocycles. The summed E-state index contributed by atoms with van der Waals surface area (Å²) >= 11 is 6.41. The van der Waals surface area contributed by atoms with Crippen molar-refractivity contribution in [1.82, 2.24) is 25.1 Å². The summed E-state index contributed by atoms with van der Waals surface area (Å²) < 4.78 is 18.1. The summed E-state index contributed by atoms with van der Waals surface area (Å²) in [5, 5.41) is 17.3. The molecule has 0 unspecified atom stereocenters. The molecule has 4 aliphatic rings. The van der Waals surface area contributed by atoms with Gasteiger partial charge in [-0.15, -0.1) is 0 Å². The van der Waals surface area contributed by atoms with Gasteiger partial charge < -0.3 is 29.6 Å². The number of aromatic nitrogens is 2. The molecule has 0 spiro atoms. The molecule has 3 N–H and O–H groups in total. The molecular weight excluding hydrogens is 769 g/mol. The molecule has 2 aromatic heterocycles. The Hall–Kier alpha value is -5.58. The van der Waals surface area contributed by atoms with Gasteiger partial charge in [0.15, 0.2) is 0 Å². The van der Waals surface area contributed by atoms with Crippen molar-refractivity contribution in [3.63, 3.8) is 0 Å². The fourth-order valence-electron chi connectivity index (χ4n) is 9.90. The third kappa shape index (κ3) is 7.60. The summed E-state index contributed by atoms with van der Waals surface area (Å²) in [7, 11) is 0. The minimum absolute atomic E-state index is 0.0737. The quantitative estimate of drug-likeness (QED) is 0.148. The second kappa shape index (κ2) is 16.2. The lowest BCUT2D eigenvalue weighted by Gasteiger charge is -2.39. The third-order valence-electron chi connectivity index (χ3n) is 13.1. The smallest absolute Gasteiger partial charge is 0.328 e. The molecule has 0 radical (unpaired) electrons. The van der Waals surface area contributed by atoms with Crippen LogP contribution in [0, 0.1) is 30.0 Å². The first kappa shape index (κ1) is 38.9. The first-order valence-electron chi connectivity index (χ1n) is 20.9. The molecule has 0 atom stereocenters. The number of piperidine rings is 3. The first-order valence-corrected chi connectivity index (χ1v) is 21.3. The Morgan fingerprint density at radius 3 is 2.42 bits per heavy atom.